The van der Waals surface area contributed by atoms with Gasteiger partial charge >= 0.3 is 0 Å². The van der Waals surface area contributed by atoms with E-state index in [1.54, 1.807) is 18.6 Å². The lowest BCUT2D eigenvalue weighted by Crippen LogP contribution is -2.30. The molecule has 1 aromatic heterocycles. The smallest absolute Gasteiger partial charge is 0.119 e. The average Bonchev–Trinajstić information content (AvgIpc) is 2.54. The second kappa shape index (κ2) is 8.45. The highest BCUT2D eigenvalue weighted by Crippen LogP contribution is 2.20. The van der Waals surface area contributed by atoms with Crippen molar-refractivity contribution in [3.63, 3.8) is 0 Å². The Kier molecular flexibility index (Phi) is 6.31. The maximum Gasteiger partial charge on any atom is 0.119 e. The summed E-state index contributed by atoms with van der Waals surface area (Å²) in [6.07, 6.45) is 4.59. The Balaban J connectivity index is 1.85. The predicted octanol–water partition coefficient (Wildman–Crippen LogP) is 1.95. The molecule has 6 nitrogen and oxygen atoms in total. The van der Waals surface area contributed by atoms with Crippen LogP contribution in [0.5, 0.6) is 5.75 Å². The monoisotopic (exact) mass is 316 g/mol. The Morgan fingerprint density at radius 2 is 1.96 bits per heavy atom. The summed E-state index contributed by atoms with van der Waals surface area (Å²) in [6, 6.07) is 7.72. The summed E-state index contributed by atoms with van der Waals surface area (Å²) in [5.41, 5.74) is 1.86. The highest BCUT2D eigenvalue weighted by Gasteiger charge is 2.08. The van der Waals surface area contributed by atoms with Crippen molar-refractivity contribution in [3.8, 4) is 5.75 Å². The van der Waals surface area contributed by atoms with Crippen LogP contribution in [0.25, 0.3) is 0 Å². The molecule has 1 aromatic carbocycles. The molecule has 124 valence electrons. The van der Waals surface area contributed by atoms with Gasteiger partial charge in [-0.3, -0.25) is 9.97 Å². The van der Waals surface area contributed by atoms with Crippen molar-refractivity contribution in [3.05, 3.63) is 48.5 Å². The molecule has 0 aliphatic carbocycles. The van der Waals surface area contributed by atoms with E-state index in [0.717, 1.165) is 17.1 Å². The minimum Gasteiger partial charge on any atom is -0.491 e. The molecule has 0 spiro atoms. The maximum atomic E-state index is 9.79. The Labute approximate surface area is 137 Å². The number of nitrogens with one attached hydrogen (secondary N) is 1. The van der Waals surface area contributed by atoms with Crippen LogP contribution in [0.1, 0.15) is 18.7 Å². The fourth-order valence-electron chi connectivity index (χ4n) is 2.17. The van der Waals surface area contributed by atoms with Crippen LogP contribution in [-0.2, 0) is 0 Å². The number of likely N-dealkylation sites (N-methyl/N-ethyl adjacent to an activating group) is 1. The van der Waals surface area contributed by atoms with E-state index in [1.807, 2.05) is 50.2 Å². The van der Waals surface area contributed by atoms with E-state index in [-0.39, 0.29) is 12.6 Å². The third-order valence-electron chi connectivity index (χ3n) is 3.28. The van der Waals surface area contributed by atoms with Gasteiger partial charge in [0.2, 0.25) is 0 Å². The number of aliphatic hydroxyl groups is 1. The van der Waals surface area contributed by atoms with Crippen LogP contribution in [0.3, 0.4) is 0 Å². The van der Waals surface area contributed by atoms with Crippen LogP contribution in [0.2, 0.25) is 0 Å². The molecule has 1 heterocycles. The van der Waals surface area contributed by atoms with Gasteiger partial charge in [-0.15, -0.1) is 0 Å². The molecule has 0 fully saturated rings. The Morgan fingerprint density at radius 1 is 1.22 bits per heavy atom. The molecule has 6 heteroatoms. The van der Waals surface area contributed by atoms with Crippen molar-refractivity contribution in [1.29, 1.82) is 0 Å². The van der Waals surface area contributed by atoms with E-state index in [1.165, 1.54) is 0 Å². The minimum atomic E-state index is -0.500. The van der Waals surface area contributed by atoms with Gasteiger partial charge in [0.15, 0.2) is 0 Å². The molecule has 2 N–H and O–H groups in total. The van der Waals surface area contributed by atoms with Gasteiger partial charge in [-0.05, 0) is 45.3 Å². The normalized spacial score (nSPS) is 13.6. The Bertz CT molecular complexity index is 575. The molecular formula is C17H24N4O2. The molecule has 0 aliphatic heterocycles. The first-order chi connectivity index (χ1) is 11.0. The van der Waals surface area contributed by atoms with Crippen LogP contribution in [0, 0.1) is 0 Å². The van der Waals surface area contributed by atoms with E-state index in [9.17, 15) is 5.11 Å². The number of hydrogen-bond donors (Lipinski definition) is 2. The fraction of sp³-hybridized carbons (Fsp3) is 0.412. The zero-order chi connectivity index (χ0) is 16.7. The lowest BCUT2D eigenvalue weighted by Gasteiger charge is -2.17. The van der Waals surface area contributed by atoms with Crippen molar-refractivity contribution >= 4 is 5.69 Å². The van der Waals surface area contributed by atoms with E-state index in [4.69, 9.17) is 4.74 Å². The summed E-state index contributed by atoms with van der Waals surface area (Å²) in [5, 5.41) is 13.2. The van der Waals surface area contributed by atoms with E-state index < -0.39 is 6.10 Å². The Hall–Kier alpha value is -2.18. The number of aliphatic hydroxyl groups excluding tert-OH is 1. The van der Waals surface area contributed by atoms with Gasteiger partial charge in [-0.1, -0.05) is 0 Å². The topological polar surface area (TPSA) is 70.5 Å². The number of anilines is 1. The number of benzene rings is 1. The van der Waals surface area contributed by atoms with Gasteiger partial charge in [-0.2, -0.15) is 0 Å². The van der Waals surface area contributed by atoms with Gasteiger partial charge in [0, 0.05) is 24.6 Å². The Morgan fingerprint density at radius 3 is 2.57 bits per heavy atom. The van der Waals surface area contributed by atoms with E-state index in [2.05, 4.69) is 15.3 Å². The largest absolute Gasteiger partial charge is 0.491 e. The van der Waals surface area contributed by atoms with E-state index >= 15 is 0 Å². The lowest BCUT2D eigenvalue weighted by atomic mass is 10.2. The lowest BCUT2D eigenvalue weighted by molar-refractivity contribution is 0.0831. The van der Waals surface area contributed by atoms with Gasteiger partial charge in [0.05, 0.1) is 17.9 Å². The first-order valence-corrected chi connectivity index (χ1v) is 7.62. The first-order valence-electron chi connectivity index (χ1n) is 7.62. The number of nitrogens with zero attached hydrogens (tertiary/aromatic N) is 3. The van der Waals surface area contributed by atoms with Crippen LogP contribution in [0.15, 0.2) is 42.9 Å². The molecule has 0 saturated carbocycles. The summed E-state index contributed by atoms with van der Waals surface area (Å²) < 4.78 is 5.59. The predicted molar refractivity (Wildman–Crippen MR) is 90.6 cm³/mol. The van der Waals surface area contributed by atoms with Crippen molar-refractivity contribution < 1.29 is 9.84 Å². The third kappa shape index (κ3) is 5.84. The average molecular weight is 316 g/mol. The van der Waals surface area contributed by atoms with Gasteiger partial charge in [0.1, 0.15) is 18.5 Å². The molecule has 2 aromatic rings. The van der Waals surface area contributed by atoms with Crippen molar-refractivity contribution in [2.75, 3.05) is 32.6 Å². The van der Waals surface area contributed by atoms with Crippen LogP contribution in [-0.4, -0.2) is 53.3 Å². The maximum absolute atomic E-state index is 9.79. The molecule has 2 unspecified atom stereocenters. The van der Waals surface area contributed by atoms with Crippen molar-refractivity contribution in [2.24, 2.45) is 0 Å². The first kappa shape index (κ1) is 17.2. The number of rotatable bonds is 8. The van der Waals surface area contributed by atoms with Gasteiger partial charge in [0.25, 0.3) is 0 Å². The minimum absolute atomic E-state index is 0.0670. The zero-order valence-corrected chi connectivity index (χ0v) is 13.8. The molecule has 23 heavy (non-hydrogen) atoms. The second-order valence-corrected chi connectivity index (χ2v) is 5.75. The summed E-state index contributed by atoms with van der Waals surface area (Å²) in [7, 11) is 3.84. The highest BCUT2D eigenvalue weighted by molar-refractivity contribution is 5.47. The summed E-state index contributed by atoms with van der Waals surface area (Å²) in [4.78, 5) is 10.3. The molecule has 2 atom stereocenters. The summed E-state index contributed by atoms with van der Waals surface area (Å²) >= 11 is 0. The molecule has 0 bridgehead atoms. The number of aromatic nitrogens is 2. The molecular weight excluding hydrogens is 292 g/mol. The van der Waals surface area contributed by atoms with Crippen LogP contribution < -0.4 is 10.1 Å². The fourth-order valence-corrected chi connectivity index (χ4v) is 2.17. The van der Waals surface area contributed by atoms with Crippen LogP contribution >= 0.6 is 0 Å². The molecule has 0 aliphatic rings. The van der Waals surface area contributed by atoms with E-state index in [0.29, 0.717) is 6.54 Å². The summed E-state index contributed by atoms with van der Waals surface area (Å²) in [5.74, 6) is 0.737. The zero-order valence-electron chi connectivity index (χ0n) is 13.8. The third-order valence-corrected chi connectivity index (χ3v) is 3.28. The summed E-state index contributed by atoms with van der Waals surface area (Å²) in [6.45, 7) is 2.89. The highest BCUT2D eigenvalue weighted by atomic mass is 16.5. The standard InChI is InChI=1S/C17H24N4O2/c1-13(17-10-18-8-9-19-17)20-14-4-6-16(7-5-14)23-12-15(22)11-21(2)3/h4-10,13,15,20,22H,11-12H2,1-3H3. The molecule has 0 amide bonds. The quantitative estimate of drug-likeness (QED) is 0.776. The molecule has 0 radical (unpaired) electrons. The van der Waals surface area contributed by atoms with Gasteiger partial charge in [-0.25, -0.2) is 0 Å². The van der Waals surface area contributed by atoms with Crippen molar-refractivity contribution in [1.82, 2.24) is 14.9 Å². The molecule has 2 rings (SSSR count). The number of ether oxygens (including phenoxy) is 1. The van der Waals surface area contributed by atoms with Crippen molar-refractivity contribution in [2.45, 2.75) is 19.1 Å². The SMILES string of the molecule is CC(Nc1ccc(OCC(O)CN(C)C)cc1)c1cnccn1. The second-order valence-electron chi connectivity index (χ2n) is 5.75. The molecule has 0 saturated heterocycles. The van der Waals surface area contributed by atoms with Gasteiger partial charge < -0.3 is 20.1 Å². The van der Waals surface area contributed by atoms with Crippen LogP contribution in [0.4, 0.5) is 5.69 Å². The number of hydrogen-bond acceptors (Lipinski definition) is 6.